The average Bonchev–Trinajstić information content (AvgIpc) is 3.53. The third-order valence-electron chi connectivity index (χ3n) is 6.09. The molecule has 0 saturated carbocycles. The summed E-state index contributed by atoms with van der Waals surface area (Å²) in [7, 11) is 0. The van der Waals surface area contributed by atoms with Gasteiger partial charge in [-0.05, 0) is 74.9 Å². The molecule has 2 aromatic carbocycles. The van der Waals surface area contributed by atoms with Gasteiger partial charge in [-0.3, -0.25) is 0 Å². The molecule has 1 atom stereocenters. The highest BCUT2D eigenvalue weighted by molar-refractivity contribution is 7.59. The van der Waals surface area contributed by atoms with E-state index in [4.69, 9.17) is 4.74 Å². The van der Waals surface area contributed by atoms with Gasteiger partial charge in [0.25, 0.3) is 0 Å². The molecule has 186 valence electrons. The monoisotopic (exact) mass is 509 g/mol. The largest absolute Gasteiger partial charge is 0.489 e. The fourth-order valence-electron chi connectivity index (χ4n) is 4.29. The van der Waals surface area contributed by atoms with Crippen LogP contribution in [0.5, 0.6) is 5.75 Å². The highest BCUT2D eigenvalue weighted by atomic mass is 32.1. The van der Waals surface area contributed by atoms with Gasteiger partial charge in [0.2, 0.25) is 0 Å². The first-order valence-corrected chi connectivity index (χ1v) is 12.6. The van der Waals surface area contributed by atoms with Crippen LogP contribution in [0.3, 0.4) is 0 Å². The number of aryl methyl sites for hydroxylation is 2. The number of terminal acetylenes is 1. The lowest BCUT2D eigenvalue weighted by atomic mass is 10.0. The Kier molecular flexibility index (Phi) is 10.0. The van der Waals surface area contributed by atoms with Crippen molar-refractivity contribution >= 4 is 40.6 Å². The topological polar surface area (TPSA) is 66.9 Å². The van der Waals surface area contributed by atoms with Gasteiger partial charge < -0.3 is 9.64 Å². The van der Waals surface area contributed by atoms with E-state index in [-0.39, 0.29) is 14.9 Å². The number of nitrogens with one attached hydrogen (secondary N) is 1. The first kappa shape index (κ1) is 26.6. The van der Waals surface area contributed by atoms with Crippen LogP contribution in [-0.4, -0.2) is 33.2 Å². The smallest absolute Gasteiger partial charge is 0.174 e. The maximum absolute atomic E-state index is 6.08. The fourth-order valence-corrected chi connectivity index (χ4v) is 5.23. The highest BCUT2D eigenvalue weighted by Crippen LogP contribution is 2.37. The predicted molar refractivity (Wildman–Crippen MR) is 152 cm³/mol. The lowest BCUT2D eigenvalue weighted by Gasteiger charge is -2.35. The summed E-state index contributed by atoms with van der Waals surface area (Å²) in [6.45, 7) is 5.73. The van der Waals surface area contributed by atoms with Gasteiger partial charge in [-0.1, -0.05) is 23.4 Å². The zero-order valence-corrected chi connectivity index (χ0v) is 22.1. The summed E-state index contributed by atoms with van der Waals surface area (Å²) >= 11 is 1.84. The van der Waals surface area contributed by atoms with Crippen LogP contribution in [0, 0.1) is 12.3 Å². The van der Waals surface area contributed by atoms with Gasteiger partial charge in [0.05, 0.1) is 5.69 Å². The quantitative estimate of drug-likeness (QED) is 0.302. The van der Waals surface area contributed by atoms with Crippen LogP contribution in [0.1, 0.15) is 51.5 Å². The van der Waals surface area contributed by atoms with Gasteiger partial charge in [0, 0.05) is 35.9 Å². The Balaban J connectivity index is 0.000000871. The van der Waals surface area contributed by atoms with E-state index in [2.05, 4.69) is 80.5 Å². The van der Waals surface area contributed by atoms with Gasteiger partial charge in [-0.25, -0.2) is 0 Å². The average molecular weight is 510 g/mol. The van der Waals surface area contributed by atoms with Crippen LogP contribution in [0.2, 0.25) is 0 Å². The van der Waals surface area contributed by atoms with Gasteiger partial charge >= 0.3 is 0 Å². The third kappa shape index (κ3) is 7.00. The van der Waals surface area contributed by atoms with Crippen molar-refractivity contribution in [1.29, 1.82) is 0 Å². The molecule has 0 amide bonds. The van der Waals surface area contributed by atoms with E-state index in [1.165, 1.54) is 46.2 Å². The molecular weight excluding hydrogens is 474 g/mol. The van der Waals surface area contributed by atoms with Crippen LogP contribution >= 0.6 is 24.8 Å². The Morgan fingerprint density at radius 1 is 1.17 bits per heavy atom. The van der Waals surface area contributed by atoms with Gasteiger partial charge in [-0.15, -0.1) is 33.9 Å². The van der Waals surface area contributed by atoms with E-state index >= 15 is 0 Å². The number of nitrogens with zero attached hydrogens (tertiary/aromatic N) is 4. The Bertz CT molecular complexity index is 1220. The second-order valence-electron chi connectivity index (χ2n) is 8.54. The van der Waals surface area contributed by atoms with E-state index < -0.39 is 0 Å². The van der Waals surface area contributed by atoms with Crippen molar-refractivity contribution in [3.8, 4) is 18.1 Å². The van der Waals surface area contributed by atoms with Crippen LogP contribution < -0.4 is 9.64 Å². The number of piperidine rings is 1. The summed E-state index contributed by atoms with van der Waals surface area (Å²) in [4.78, 5) is 2.58. The summed E-state index contributed by atoms with van der Waals surface area (Å²) < 4.78 is 7.43. The minimum Gasteiger partial charge on any atom is -0.489 e. The molecule has 1 fully saturated rings. The minimum absolute atomic E-state index is 0. The summed E-state index contributed by atoms with van der Waals surface area (Å²) in [5, 5.41) is 17.8. The molecule has 8 heteroatoms. The van der Waals surface area contributed by atoms with Crippen LogP contribution in [0.4, 0.5) is 5.69 Å². The zero-order valence-electron chi connectivity index (χ0n) is 20.3. The van der Waals surface area contributed by atoms with E-state index in [9.17, 15) is 0 Å². The van der Waals surface area contributed by atoms with Crippen LogP contribution in [0.15, 0.2) is 47.8 Å². The number of aromatic nitrogens is 4. The maximum atomic E-state index is 6.08. The molecule has 4 aromatic rings. The van der Waals surface area contributed by atoms with Crippen molar-refractivity contribution in [1.82, 2.24) is 20.6 Å². The third-order valence-corrected chi connectivity index (χ3v) is 7.04. The summed E-state index contributed by atoms with van der Waals surface area (Å²) in [6.07, 6.45) is 10.2. The van der Waals surface area contributed by atoms with E-state index in [0.29, 0.717) is 12.6 Å². The lowest BCUT2D eigenvalue weighted by molar-refractivity contribution is 0.306. The molecule has 5 rings (SSSR count). The van der Waals surface area contributed by atoms with Crippen molar-refractivity contribution in [3.05, 3.63) is 64.8 Å². The normalized spacial score (nSPS) is 15.0. The molecule has 1 unspecified atom stereocenters. The van der Waals surface area contributed by atoms with E-state index in [1.54, 1.807) is 6.92 Å². The first-order valence-electron chi connectivity index (χ1n) is 11.8. The lowest BCUT2D eigenvalue weighted by Crippen LogP contribution is -2.37. The summed E-state index contributed by atoms with van der Waals surface area (Å²) in [5.41, 5.74) is 3.83. The number of tetrazole rings is 1. The molecule has 1 saturated heterocycles. The number of thiophene rings is 1. The molecule has 1 N–H and O–H groups in total. The number of benzene rings is 2. The SMILES string of the molecule is C#CC.CC1CCCCN1c1csc2ccc(COc3ccc(CCc4nn[nH]n4)cc3)cc12.S.[HH]. The van der Waals surface area contributed by atoms with Crippen molar-refractivity contribution in [3.63, 3.8) is 0 Å². The van der Waals surface area contributed by atoms with E-state index in [1.807, 2.05) is 23.5 Å². The van der Waals surface area contributed by atoms with Gasteiger partial charge in [0.1, 0.15) is 12.4 Å². The standard InChI is InChI=1S/C24H27N5OS.C3H4.H2S.H2/c1-17-4-2-3-13-29(17)22-16-31-23-11-7-19(14-21(22)23)15-30-20-9-5-18(6-10-20)8-12-24-25-27-28-26-24;1-3-2;;/h5-7,9-11,14,16-17H,2-4,8,12-13,15H2,1H3,(H,25,26,27,28);1H,2H3;1H2;1H. The second kappa shape index (κ2) is 13.2. The van der Waals surface area contributed by atoms with Crippen LogP contribution in [-0.2, 0) is 19.4 Å². The minimum atomic E-state index is 0. The number of aromatic amines is 1. The zero-order chi connectivity index (χ0) is 23.8. The van der Waals surface area contributed by atoms with Crippen molar-refractivity contribution in [2.24, 2.45) is 0 Å². The number of anilines is 1. The first-order chi connectivity index (χ1) is 16.7. The number of ether oxygens (including phenoxy) is 1. The molecule has 0 bridgehead atoms. The summed E-state index contributed by atoms with van der Waals surface area (Å²) in [6, 6.07) is 15.6. The number of hydrogen-bond donors (Lipinski definition) is 1. The maximum Gasteiger partial charge on any atom is 0.174 e. The fraction of sp³-hybridized carbons (Fsp3) is 0.370. The second-order valence-corrected chi connectivity index (χ2v) is 9.45. The Morgan fingerprint density at radius 2 is 1.94 bits per heavy atom. The molecule has 0 spiro atoms. The molecular formula is C27H35N5OS2. The van der Waals surface area contributed by atoms with Crippen LogP contribution in [0.25, 0.3) is 10.1 Å². The molecule has 0 aliphatic carbocycles. The molecule has 1 aliphatic rings. The van der Waals surface area contributed by atoms with Gasteiger partial charge in [0.15, 0.2) is 5.82 Å². The predicted octanol–water partition coefficient (Wildman–Crippen LogP) is 6.16. The molecule has 6 nitrogen and oxygen atoms in total. The highest BCUT2D eigenvalue weighted by Gasteiger charge is 2.21. The molecule has 35 heavy (non-hydrogen) atoms. The van der Waals surface area contributed by atoms with E-state index in [0.717, 1.165) is 31.0 Å². The molecule has 3 heterocycles. The molecule has 1 aliphatic heterocycles. The Morgan fingerprint density at radius 3 is 2.66 bits per heavy atom. The van der Waals surface area contributed by atoms with Crippen molar-refractivity contribution < 1.29 is 6.16 Å². The Labute approximate surface area is 220 Å². The van der Waals surface area contributed by atoms with Gasteiger partial charge in [-0.2, -0.15) is 18.7 Å². The molecule has 0 radical (unpaired) electrons. The number of hydrogen-bond acceptors (Lipinski definition) is 6. The number of fused-ring (bicyclic) bond motifs is 1. The van der Waals surface area contributed by atoms with Crippen molar-refractivity contribution in [2.75, 3.05) is 11.4 Å². The Hall–Kier alpha value is -3.02. The molecule has 2 aromatic heterocycles. The van der Waals surface area contributed by atoms with Crippen molar-refractivity contribution in [2.45, 2.75) is 58.6 Å². The number of rotatable bonds is 7. The number of H-pyrrole nitrogens is 1. The summed E-state index contributed by atoms with van der Waals surface area (Å²) in [5.74, 6) is 3.88.